The summed E-state index contributed by atoms with van der Waals surface area (Å²) in [6.45, 7) is 6.91. The van der Waals surface area contributed by atoms with Crippen molar-refractivity contribution in [2.45, 2.75) is 57.9 Å². The van der Waals surface area contributed by atoms with Crippen LogP contribution in [0.15, 0.2) is 18.2 Å². The predicted molar refractivity (Wildman–Crippen MR) is 122 cm³/mol. The van der Waals surface area contributed by atoms with Gasteiger partial charge in [0.25, 0.3) is 5.91 Å². The van der Waals surface area contributed by atoms with Crippen LogP contribution < -0.4 is 10.8 Å². The third-order valence-corrected chi connectivity index (χ3v) is 8.70. The van der Waals surface area contributed by atoms with Gasteiger partial charge in [-0.25, -0.2) is 8.42 Å². The first kappa shape index (κ1) is 23.3. The van der Waals surface area contributed by atoms with Crippen LogP contribution in [-0.2, 0) is 10.0 Å². The molecule has 30 heavy (non-hydrogen) atoms. The molecule has 1 amide bonds. The molecule has 2 radical (unpaired) electrons. The molecular weight excluding hydrogens is 397 g/mol. The summed E-state index contributed by atoms with van der Waals surface area (Å²) in [5, 5.41) is 3.18. The summed E-state index contributed by atoms with van der Waals surface area (Å²) in [4.78, 5) is 15.3. The summed E-state index contributed by atoms with van der Waals surface area (Å²) in [7, 11) is 2.66. The lowest BCUT2D eigenvalue weighted by molar-refractivity contribution is 0.0240. The standard InChI is InChI=1S/C22H34BN3O3S/c1-3-15-30(28,29)26-13-11-25(12-14-26)22(9-5-4-6-10-22)17-24-21(27)20-8-7-19(23)16-18(20)2/h7-8,16H,3-6,9-15,17H2,1-2H3,(H,24,27). The number of rotatable bonds is 7. The molecule has 2 fully saturated rings. The Morgan fingerprint density at radius 2 is 1.80 bits per heavy atom. The maximum atomic E-state index is 12.8. The third-order valence-electron chi connectivity index (χ3n) is 6.62. The molecule has 1 aliphatic heterocycles. The number of carbonyl (C=O) groups excluding carboxylic acids is 1. The highest BCUT2D eigenvalue weighted by Gasteiger charge is 2.40. The number of hydrogen-bond donors (Lipinski definition) is 1. The van der Waals surface area contributed by atoms with Crippen molar-refractivity contribution < 1.29 is 13.2 Å². The topological polar surface area (TPSA) is 69.7 Å². The average Bonchev–Trinajstić information content (AvgIpc) is 2.73. The molecule has 0 bridgehead atoms. The summed E-state index contributed by atoms with van der Waals surface area (Å²) in [6.07, 6.45) is 6.22. The normalized spacial score (nSPS) is 20.7. The van der Waals surface area contributed by atoms with E-state index < -0.39 is 10.0 Å². The van der Waals surface area contributed by atoms with Gasteiger partial charge in [0.05, 0.1) is 5.75 Å². The number of aryl methyl sites for hydroxylation is 1. The molecule has 1 aromatic carbocycles. The Labute approximate surface area is 182 Å². The van der Waals surface area contributed by atoms with Gasteiger partial charge < -0.3 is 5.32 Å². The van der Waals surface area contributed by atoms with Crippen LogP contribution >= 0.6 is 0 Å². The van der Waals surface area contributed by atoms with E-state index in [9.17, 15) is 13.2 Å². The smallest absolute Gasteiger partial charge is 0.251 e. The molecule has 0 spiro atoms. The number of nitrogens with zero attached hydrogens (tertiary/aromatic N) is 2. The van der Waals surface area contributed by atoms with E-state index in [1.54, 1.807) is 16.4 Å². The summed E-state index contributed by atoms with van der Waals surface area (Å²) in [6, 6.07) is 5.36. The van der Waals surface area contributed by atoms with Crippen molar-refractivity contribution in [1.82, 2.24) is 14.5 Å². The van der Waals surface area contributed by atoms with Crippen molar-refractivity contribution in [3.05, 3.63) is 29.3 Å². The van der Waals surface area contributed by atoms with Crippen LogP contribution in [-0.4, -0.2) is 75.4 Å². The zero-order valence-electron chi connectivity index (χ0n) is 18.3. The monoisotopic (exact) mass is 431 g/mol. The van der Waals surface area contributed by atoms with Crippen molar-refractivity contribution >= 4 is 29.2 Å². The third kappa shape index (κ3) is 5.26. The van der Waals surface area contributed by atoms with Crippen molar-refractivity contribution in [2.24, 2.45) is 0 Å². The van der Waals surface area contributed by atoms with E-state index in [1.165, 1.54) is 6.42 Å². The number of amides is 1. The maximum absolute atomic E-state index is 12.8. The summed E-state index contributed by atoms with van der Waals surface area (Å²) < 4.78 is 26.5. The molecule has 1 heterocycles. The first-order valence-corrected chi connectivity index (χ1v) is 12.8. The molecule has 6 nitrogen and oxygen atoms in total. The zero-order chi connectivity index (χ0) is 21.8. The predicted octanol–water partition coefficient (Wildman–Crippen LogP) is 1.58. The zero-order valence-corrected chi connectivity index (χ0v) is 19.1. The van der Waals surface area contributed by atoms with E-state index in [4.69, 9.17) is 7.85 Å². The second kappa shape index (κ2) is 9.83. The van der Waals surface area contributed by atoms with Gasteiger partial charge >= 0.3 is 0 Å². The van der Waals surface area contributed by atoms with Crippen molar-refractivity contribution in [1.29, 1.82) is 0 Å². The van der Waals surface area contributed by atoms with E-state index in [-0.39, 0.29) is 17.2 Å². The molecular formula is C22H34BN3O3S. The van der Waals surface area contributed by atoms with Gasteiger partial charge in [0.2, 0.25) is 10.0 Å². The average molecular weight is 431 g/mol. The van der Waals surface area contributed by atoms with E-state index >= 15 is 0 Å². The van der Waals surface area contributed by atoms with Gasteiger partial charge in [0.1, 0.15) is 7.85 Å². The lowest BCUT2D eigenvalue weighted by atomic mass is 9.79. The molecule has 1 saturated heterocycles. The highest BCUT2D eigenvalue weighted by atomic mass is 32.2. The summed E-state index contributed by atoms with van der Waals surface area (Å²) in [5.74, 6) is 0.149. The van der Waals surface area contributed by atoms with Crippen LogP contribution in [0.5, 0.6) is 0 Å². The molecule has 1 N–H and O–H groups in total. The minimum Gasteiger partial charge on any atom is -0.350 e. The minimum absolute atomic E-state index is 0.0680. The van der Waals surface area contributed by atoms with Crippen molar-refractivity contribution in [3.8, 4) is 0 Å². The Morgan fingerprint density at radius 1 is 1.13 bits per heavy atom. The fourth-order valence-corrected chi connectivity index (χ4v) is 6.42. The lowest BCUT2D eigenvalue weighted by Crippen LogP contribution is -2.62. The Morgan fingerprint density at radius 3 is 2.40 bits per heavy atom. The fraction of sp³-hybridized carbons (Fsp3) is 0.682. The highest BCUT2D eigenvalue weighted by molar-refractivity contribution is 7.89. The Hall–Kier alpha value is -1.38. The molecule has 0 atom stereocenters. The van der Waals surface area contributed by atoms with Crippen molar-refractivity contribution in [3.63, 3.8) is 0 Å². The Balaban J connectivity index is 1.67. The van der Waals surface area contributed by atoms with Gasteiger partial charge in [-0.3, -0.25) is 9.69 Å². The van der Waals surface area contributed by atoms with Crippen molar-refractivity contribution in [2.75, 3.05) is 38.5 Å². The summed E-state index contributed by atoms with van der Waals surface area (Å²) in [5.41, 5.74) is 2.10. The molecule has 8 heteroatoms. The van der Waals surface area contributed by atoms with Crippen LogP contribution in [0.2, 0.25) is 0 Å². The largest absolute Gasteiger partial charge is 0.350 e. The van der Waals surface area contributed by atoms with Gasteiger partial charge in [-0.15, -0.1) is 0 Å². The first-order valence-electron chi connectivity index (χ1n) is 11.1. The quantitative estimate of drug-likeness (QED) is 0.666. The number of hydrogen-bond acceptors (Lipinski definition) is 4. The van der Waals surface area contributed by atoms with Gasteiger partial charge in [-0.1, -0.05) is 43.8 Å². The molecule has 164 valence electrons. The molecule has 0 unspecified atom stereocenters. The van der Waals surface area contributed by atoms with Gasteiger partial charge in [-0.2, -0.15) is 4.31 Å². The van der Waals surface area contributed by atoms with E-state index in [0.29, 0.717) is 37.1 Å². The van der Waals surface area contributed by atoms with Gasteiger partial charge in [0.15, 0.2) is 0 Å². The van der Waals surface area contributed by atoms with Crippen LogP contribution in [0.25, 0.3) is 0 Å². The molecule has 3 rings (SSSR count). The molecule has 2 aliphatic rings. The molecule has 1 saturated carbocycles. The first-order chi connectivity index (χ1) is 14.3. The Bertz CT molecular complexity index is 845. The second-order valence-electron chi connectivity index (χ2n) is 8.74. The van der Waals surface area contributed by atoms with Gasteiger partial charge in [-0.05, 0) is 37.8 Å². The molecule has 0 aromatic heterocycles. The number of benzene rings is 1. The second-order valence-corrected chi connectivity index (χ2v) is 10.8. The number of carbonyl (C=O) groups is 1. The van der Waals surface area contributed by atoms with Crippen LogP contribution in [0, 0.1) is 6.92 Å². The number of piperazine rings is 1. The van der Waals surface area contributed by atoms with E-state index in [2.05, 4.69) is 10.2 Å². The van der Waals surface area contributed by atoms with Crippen LogP contribution in [0.4, 0.5) is 0 Å². The maximum Gasteiger partial charge on any atom is 0.251 e. The van der Waals surface area contributed by atoms with E-state index in [1.807, 2.05) is 19.9 Å². The Kier molecular flexibility index (Phi) is 7.63. The fourth-order valence-electron chi connectivity index (χ4n) is 4.92. The highest BCUT2D eigenvalue weighted by Crippen LogP contribution is 2.34. The molecule has 1 aromatic rings. The number of sulfonamides is 1. The molecule has 1 aliphatic carbocycles. The van der Waals surface area contributed by atoms with Crippen LogP contribution in [0.1, 0.15) is 61.4 Å². The minimum atomic E-state index is -3.15. The summed E-state index contributed by atoms with van der Waals surface area (Å²) >= 11 is 0. The van der Waals surface area contributed by atoms with Crippen LogP contribution in [0.3, 0.4) is 0 Å². The number of nitrogens with one attached hydrogen (secondary N) is 1. The lowest BCUT2D eigenvalue weighted by Gasteiger charge is -2.49. The van der Waals surface area contributed by atoms with E-state index in [0.717, 1.165) is 44.3 Å². The van der Waals surface area contributed by atoms with Gasteiger partial charge in [0, 0.05) is 43.8 Å². The SMILES string of the molecule is [B]c1ccc(C(=O)NCC2(N3CCN(S(=O)(=O)CCC)CC3)CCCCC2)c(C)c1.